The van der Waals surface area contributed by atoms with Crippen LogP contribution in [0.2, 0.25) is 0 Å². The molecule has 96 valence electrons. The van der Waals surface area contributed by atoms with Gasteiger partial charge in [0.2, 0.25) is 0 Å². The van der Waals surface area contributed by atoms with Crippen LogP contribution in [0, 0.1) is 0 Å². The number of benzene rings is 1. The molecule has 0 spiro atoms. The van der Waals surface area contributed by atoms with Crippen molar-refractivity contribution >= 4 is 27.7 Å². The van der Waals surface area contributed by atoms with E-state index in [2.05, 4.69) is 59.5 Å². The van der Waals surface area contributed by atoms with Crippen molar-refractivity contribution < 1.29 is 0 Å². The minimum Gasteiger partial charge on any atom is -0.316 e. The third-order valence-electron chi connectivity index (χ3n) is 2.81. The standard InChI is InChI=1S/C14H22BrNS/c1-3-4-5-8-13(16-2)11-17-14-9-6-7-12(15)10-14/h6-7,9-10,13,16H,3-5,8,11H2,1-2H3. The number of hydrogen-bond donors (Lipinski definition) is 1. The van der Waals surface area contributed by atoms with Crippen LogP contribution < -0.4 is 5.32 Å². The van der Waals surface area contributed by atoms with Crippen LogP contribution in [0.4, 0.5) is 0 Å². The van der Waals surface area contributed by atoms with E-state index in [0.717, 1.165) is 10.2 Å². The Bertz CT molecular complexity index is 317. The molecule has 0 aliphatic rings. The fourth-order valence-corrected chi connectivity index (χ4v) is 3.37. The van der Waals surface area contributed by atoms with E-state index in [0.29, 0.717) is 6.04 Å². The Morgan fingerprint density at radius 1 is 1.35 bits per heavy atom. The molecule has 3 heteroatoms. The summed E-state index contributed by atoms with van der Waals surface area (Å²) in [6.07, 6.45) is 5.27. The van der Waals surface area contributed by atoms with Crippen LogP contribution in [0.5, 0.6) is 0 Å². The Labute approximate surface area is 118 Å². The van der Waals surface area contributed by atoms with Crippen LogP contribution in [0.25, 0.3) is 0 Å². The number of nitrogens with one attached hydrogen (secondary N) is 1. The van der Waals surface area contributed by atoms with Crippen molar-refractivity contribution in [2.45, 2.75) is 43.5 Å². The molecule has 0 amide bonds. The maximum atomic E-state index is 3.51. The molecule has 0 radical (unpaired) electrons. The largest absolute Gasteiger partial charge is 0.316 e. The summed E-state index contributed by atoms with van der Waals surface area (Å²) in [4.78, 5) is 1.34. The van der Waals surface area contributed by atoms with E-state index < -0.39 is 0 Å². The van der Waals surface area contributed by atoms with E-state index in [1.165, 1.54) is 30.6 Å². The van der Waals surface area contributed by atoms with Gasteiger partial charge in [-0.3, -0.25) is 0 Å². The minimum absolute atomic E-state index is 0.630. The second-order valence-electron chi connectivity index (χ2n) is 4.25. The van der Waals surface area contributed by atoms with E-state index in [1.54, 1.807) is 0 Å². The molecule has 0 aromatic heterocycles. The van der Waals surface area contributed by atoms with Gasteiger partial charge in [0.05, 0.1) is 0 Å². The highest BCUT2D eigenvalue weighted by molar-refractivity contribution is 9.10. The maximum Gasteiger partial charge on any atom is 0.0186 e. The van der Waals surface area contributed by atoms with E-state index in [4.69, 9.17) is 0 Å². The molecular weight excluding hydrogens is 294 g/mol. The smallest absolute Gasteiger partial charge is 0.0186 e. The van der Waals surface area contributed by atoms with Crippen LogP contribution in [0.1, 0.15) is 32.6 Å². The summed E-state index contributed by atoms with van der Waals surface area (Å²) in [6.45, 7) is 2.25. The number of hydrogen-bond acceptors (Lipinski definition) is 2. The van der Waals surface area contributed by atoms with Gasteiger partial charge in [0.1, 0.15) is 0 Å². The van der Waals surface area contributed by atoms with Crippen molar-refractivity contribution in [2.24, 2.45) is 0 Å². The first kappa shape index (κ1) is 15.1. The fourth-order valence-electron chi connectivity index (χ4n) is 1.71. The minimum atomic E-state index is 0.630. The summed E-state index contributed by atoms with van der Waals surface area (Å²) in [5, 5.41) is 3.41. The second kappa shape index (κ2) is 9.01. The third-order valence-corrected chi connectivity index (χ3v) is 4.46. The van der Waals surface area contributed by atoms with Crippen molar-refractivity contribution in [3.05, 3.63) is 28.7 Å². The summed E-state index contributed by atoms with van der Waals surface area (Å²) >= 11 is 5.44. The molecule has 1 aromatic carbocycles. The average Bonchev–Trinajstić information content (AvgIpc) is 2.34. The predicted octanol–water partition coefficient (Wildman–Crippen LogP) is 4.71. The van der Waals surface area contributed by atoms with E-state index >= 15 is 0 Å². The zero-order valence-electron chi connectivity index (χ0n) is 10.7. The molecule has 0 fully saturated rings. The molecule has 1 aromatic rings. The first-order chi connectivity index (χ1) is 8.26. The molecule has 0 saturated carbocycles. The quantitative estimate of drug-likeness (QED) is 0.551. The highest BCUT2D eigenvalue weighted by Gasteiger charge is 2.06. The van der Waals surface area contributed by atoms with E-state index in [9.17, 15) is 0 Å². The van der Waals surface area contributed by atoms with Crippen molar-refractivity contribution in [3.8, 4) is 0 Å². The second-order valence-corrected chi connectivity index (χ2v) is 6.26. The summed E-state index contributed by atoms with van der Waals surface area (Å²) in [7, 11) is 2.07. The molecule has 0 bridgehead atoms. The number of halogens is 1. The molecule has 0 heterocycles. The van der Waals surface area contributed by atoms with Crippen LogP contribution in [-0.2, 0) is 0 Å². The van der Waals surface area contributed by atoms with Gasteiger partial charge in [0, 0.05) is 21.2 Å². The summed E-state index contributed by atoms with van der Waals surface area (Å²) in [5.41, 5.74) is 0. The topological polar surface area (TPSA) is 12.0 Å². The maximum absolute atomic E-state index is 3.51. The van der Waals surface area contributed by atoms with E-state index in [-0.39, 0.29) is 0 Å². The van der Waals surface area contributed by atoms with Gasteiger partial charge in [-0.05, 0) is 31.7 Å². The molecule has 1 atom stereocenters. The predicted molar refractivity (Wildman–Crippen MR) is 81.9 cm³/mol. The number of unbranched alkanes of at least 4 members (excludes halogenated alkanes) is 2. The number of rotatable bonds is 8. The summed E-state index contributed by atoms with van der Waals surface area (Å²) in [6, 6.07) is 9.15. The molecule has 0 saturated heterocycles. The summed E-state index contributed by atoms with van der Waals surface area (Å²) < 4.78 is 1.16. The SMILES string of the molecule is CCCCCC(CSc1cccc(Br)c1)NC. The van der Waals surface area contributed by atoms with Gasteiger partial charge >= 0.3 is 0 Å². The van der Waals surface area contributed by atoms with Gasteiger partial charge in [-0.2, -0.15) is 0 Å². The van der Waals surface area contributed by atoms with Crippen LogP contribution in [0.3, 0.4) is 0 Å². The Morgan fingerprint density at radius 2 is 2.18 bits per heavy atom. The highest BCUT2D eigenvalue weighted by Crippen LogP contribution is 2.23. The zero-order chi connectivity index (χ0) is 12.5. The van der Waals surface area contributed by atoms with Crippen molar-refractivity contribution in [3.63, 3.8) is 0 Å². The normalized spacial score (nSPS) is 12.6. The first-order valence-electron chi connectivity index (χ1n) is 6.32. The van der Waals surface area contributed by atoms with Gasteiger partial charge < -0.3 is 5.32 Å². The highest BCUT2D eigenvalue weighted by atomic mass is 79.9. The lowest BCUT2D eigenvalue weighted by Crippen LogP contribution is -2.27. The monoisotopic (exact) mass is 315 g/mol. The Morgan fingerprint density at radius 3 is 2.82 bits per heavy atom. The van der Waals surface area contributed by atoms with E-state index in [1.807, 2.05) is 11.8 Å². The molecule has 0 aliphatic carbocycles. The van der Waals surface area contributed by atoms with Gasteiger partial charge in [0.15, 0.2) is 0 Å². The first-order valence-corrected chi connectivity index (χ1v) is 8.09. The van der Waals surface area contributed by atoms with Crippen molar-refractivity contribution in [2.75, 3.05) is 12.8 Å². The van der Waals surface area contributed by atoms with Crippen LogP contribution in [-0.4, -0.2) is 18.8 Å². The molecule has 1 rings (SSSR count). The lowest BCUT2D eigenvalue weighted by Gasteiger charge is -2.15. The molecule has 0 aliphatic heterocycles. The molecule has 1 N–H and O–H groups in total. The van der Waals surface area contributed by atoms with Gasteiger partial charge in [-0.1, -0.05) is 48.2 Å². The molecular formula is C14H22BrNS. The zero-order valence-corrected chi connectivity index (χ0v) is 13.1. The van der Waals surface area contributed by atoms with Gasteiger partial charge in [-0.15, -0.1) is 11.8 Å². The Kier molecular flexibility index (Phi) is 7.99. The Balaban J connectivity index is 2.31. The fraction of sp³-hybridized carbons (Fsp3) is 0.571. The van der Waals surface area contributed by atoms with Gasteiger partial charge in [0.25, 0.3) is 0 Å². The lowest BCUT2D eigenvalue weighted by atomic mass is 10.1. The summed E-state index contributed by atoms with van der Waals surface area (Å²) in [5.74, 6) is 1.15. The van der Waals surface area contributed by atoms with Crippen molar-refractivity contribution in [1.82, 2.24) is 5.32 Å². The Hall–Kier alpha value is 0.01000. The molecule has 1 nitrogen and oxygen atoms in total. The van der Waals surface area contributed by atoms with Crippen LogP contribution >= 0.6 is 27.7 Å². The van der Waals surface area contributed by atoms with Crippen LogP contribution in [0.15, 0.2) is 33.6 Å². The molecule has 1 unspecified atom stereocenters. The molecule has 17 heavy (non-hydrogen) atoms. The van der Waals surface area contributed by atoms with Crippen molar-refractivity contribution in [1.29, 1.82) is 0 Å². The third kappa shape index (κ3) is 6.49. The van der Waals surface area contributed by atoms with Gasteiger partial charge in [-0.25, -0.2) is 0 Å². The lowest BCUT2D eigenvalue weighted by molar-refractivity contribution is 0.531. The number of thioether (sulfide) groups is 1. The average molecular weight is 316 g/mol.